The molecule has 2 heterocycles. The average Bonchev–Trinajstić information content (AvgIpc) is 3.03. The van der Waals surface area contributed by atoms with E-state index in [4.69, 9.17) is 4.42 Å². The Morgan fingerprint density at radius 2 is 2.25 bits per heavy atom. The van der Waals surface area contributed by atoms with E-state index in [0.29, 0.717) is 18.0 Å². The molecule has 0 aliphatic carbocycles. The zero-order valence-corrected chi connectivity index (χ0v) is 13.2. The molecule has 0 radical (unpaired) electrons. The number of hydrogen-bond acceptors (Lipinski definition) is 5. The van der Waals surface area contributed by atoms with Crippen LogP contribution in [0.1, 0.15) is 18.4 Å². The predicted octanol–water partition coefficient (Wildman–Crippen LogP) is 1.35. The van der Waals surface area contributed by atoms with Gasteiger partial charge in [-0.1, -0.05) is 6.92 Å². The Kier molecular flexibility index (Phi) is 4.97. The first-order chi connectivity index (χ1) is 9.53. The summed E-state index contributed by atoms with van der Waals surface area (Å²) in [6.07, 6.45) is 3.05. The lowest BCUT2D eigenvalue weighted by Gasteiger charge is -2.03. The fraction of sp³-hybridized carbons (Fsp3) is 0.364. The van der Waals surface area contributed by atoms with E-state index >= 15 is 0 Å². The van der Waals surface area contributed by atoms with Crippen molar-refractivity contribution >= 4 is 26.0 Å². The van der Waals surface area contributed by atoms with Gasteiger partial charge >= 0.3 is 0 Å². The molecule has 0 aliphatic rings. The van der Waals surface area contributed by atoms with Gasteiger partial charge in [-0.3, -0.25) is 0 Å². The van der Waals surface area contributed by atoms with E-state index in [9.17, 15) is 8.42 Å². The quantitative estimate of drug-likeness (QED) is 0.690. The summed E-state index contributed by atoms with van der Waals surface area (Å²) in [7, 11) is -3.64. The van der Waals surface area contributed by atoms with E-state index in [0.717, 1.165) is 6.54 Å². The van der Waals surface area contributed by atoms with Crippen LogP contribution in [0.25, 0.3) is 0 Å². The van der Waals surface area contributed by atoms with Crippen LogP contribution < -0.4 is 10.0 Å². The first-order valence-corrected chi connectivity index (χ1v) is 8.26. The Morgan fingerprint density at radius 3 is 2.90 bits per heavy atom. The van der Waals surface area contributed by atoms with E-state index in [1.54, 1.807) is 6.20 Å². The molecule has 0 spiro atoms. The van der Waals surface area contributed by atoms with Crippen LogP contribution in [-0.4, -0.2) is 24.9 Å². The molecule has 2 aromatic heterocycles. The summed E-state index contributed by atoms with van der Waals surface area (Å²) in [4.78, 5) is 6.74. The Morgan fingerprint density at radius 1 is 1.45 bits per heavy atom. The highest BCUT2D eigenvalue weighted by atomic mass is 79.9. The second-order valence-corrected chi connectivity index (χ2v) is 6.49. The molecule has 9 heteroatoms. The van der Waals surface area contributed by atoms with Crippen molar-refractivity contribution in [3.05, 3.63) is 34.7 Å². The topological polar surface area (TPSA) is 100 Å². The van der Waals surface area contributed by atoms with Crippen molar-refractivity contribution < 1.29 is 12.8 Å². The third-order valence-electron chi connectivity index (χ3n) is 2.55. The molecule has 0 fully saturated rings. The number of nitrogens with one attached hydrogen (secondary N) is 3. The maximum atomic E-state index is 12.2. The third kappa shape index (κ3) is 3.69. The second-order valence-electron chi connectivity index (χ2n) is 4.03. The Labute approximate surface area is 125 Å². The summed E-state index contributed by atoms with van der Waals surface area (Å²) in [6, 6.07) is 1.50. The van der Waals surface area contributed by atoms with Gasteiger partial charge in [-0.2, -0.15) is 0 Å². The molecule has 0 aromatic carbocycles. The first kappa shape index (κ1) is 15.2. The summed E-state index contributed by atoms with van der Waals surface area (Å²) >= 11 is 3.13. The summed E-state index contributed by atoms with van der Waals surface area (Å²) in [5, 5.41) is 3.07. The van der Waals surface area contributed by atoms with E-state index in [1.165, 1.54) is 12.4 Å². The molecule has 0 atom stereocenters. The average molecular weight is 363 g/mol. The van der Waals surface area contributed by atoms with E-state index in [-0.39, 0.29) is 16.1 Å². The van der Waals surface area contributed by atoms with Gasteiger partial charge < -0.3 is 14.7 Å². The number of H-pyrrole nitrogens is 1. The van der Waals surface area contributed by atoms with E-state index in [2.05, 4.69) is 35.9 Å². The summed E-state index contributed by atoms with van der Waals surface area (Å²) in [6.45, 7) is 3.35. The van der Waals surface area contributed by atoms with E-state index < -0.39 is 10.0 Å². The van der Waals surface area contributed by atoms with Gasteiger partial charge in [-0.05, 0) is 22.5 Å². The van der Waals surface area contributed by atoms with Gasteiger partial charge in [0.1, 0.15) is 10.7 Å². The highest BCUT2D eigenvalue weighted by molar-refractivity contribution is 9.10. The summed E-state index contributed by atoms with van der Waals surface area (Å²) in [5.74, 6) is 0.556. The summed E-state index contributed by atoms with van der Waals surface area (Å²) in [5.41, 5.74) is 0.682. The fourth-order valence-electron chi connectivity index (χ4n) is 1.55. The number of hydrogen-bond donors (Lipinski definition) is 3. The molecule has 20 heavy (non-hydrogen) atoms. The molecule has 7 nitrogen and oxygen atoms in total. The van der Waals surface area contributed by atoms with Gasteiger partial charge in [0.05, 0.1) is 19.4 Å². The maximum absolute atomic E-state index is 12.2. The van der Waals surface area contributed by atoms with Crippen molar-refractivity contribution in [2.75, 3.05) is 6.54 Å². The van der Waals surface area contributed by atoms with Crippen LogP contribution in [0.5, 0.6) is 0 Å². The predicted molar refractivity (Wildman–Crippen MR) is 76.4 cm³/mol. The van der Waals surface area contributed by atoms with Crippen molar-refractivity contribution in [1.82, 2.24) is 20.0 Å². The molecule has 3 N–H and O–H groups in total. The summed E-state index contributed by atoms with van der Waals surface area (Å²) < 4.78 is 32.4. The number of halogens is 1. The standard InChI is InChI=1S/C11H15BrN4O3S/c1-2-13-6-9-3-10(11(12)19-9)20(17,18)16-5-8-4-14-7-15-8/h3-4,7,13,16H,2,5-6H2,1H3,(H,14,15). The molecule has 0 aliphatic heterocycles. The Hall–Kier alpha value is -1.16. The molecule has 0 saturated carbocycles. The monoisotopic (exact) mass is 362 g/mol. The minimum absolute atomic E-state index is 0.0879. The highest BCUT2D eigenvalue weighted by Crippen LogP contribution is 2.26. The lowest BCUT2D eigenvalue weighted by Crippen LogP contribution is -2.23. The Bertz CT molecular complexity index is 651. The largest absolute Gasteiger partial charge is 0.452 e. The molecule has 0 amide bonds. The normalized spacial score (nSPS) is 11.9. The van der Waals surface area contributed by atoms with Crippen LogP contribution in [0.2, 0.25) is 0 Å². The zero-order valence-electron chi connectivity index (χ0n) is 10.8. The van der Waals surface area contributed by atoms with Crippen LogP contribution in [0.3, 0.4) is 0 Å². The van der Waals surface area contributed by atoms with Crippen molar-refractivity contribution in [3.8, 4) is 0 Å². The zero-order chi connectivity index (χ0) is 14.6. The Balaban J connectivity index is 2.10. The molecule has 0 bridgehead atoms. The van der Waals surface area contributed by atoms with Crippen molar-refractivity contribution in [2.24, 2.45) is 0 Å². The lowest BCUT2D eigenvalue weighted by molar-refractivity contribution is 0.464. The van der Waals surface area contributed by atoms with E-state index in [1.807, 2.05) is 6.92 Å². The number of sulfonamides is 1. The molecule has 2 rings (SSSR count). The van der Waals surface area contributed by atoms with Crippen LogP contribution in [0, 0.1) is 0 Å². The lowest BCUT2D eigenvalue weighted by atomic mass is 10.4. The van der Waals surface area contributed by atoms with Gasteiger partial charge in [0.25, 0.3) is 0 Å². The number of imidazole rings is 1. The van der Waals surface area contributed by atoms with Gasteiger partial charge in [-0.25, -0.2) is 18.1 Å². The maximum Gasteiger partial charge on any atom is 0.245 e. The van der Waals surface area contributed by atoms with Crippen LogP contribution in [-0.2, 0) is 23.1 Å². The minimum atomic E-state index is -3.64. The van der Waals surface area contributed by atoms with Crippen molar-refractivity contribution in [3.63, 3.8) is 0 Å². The van der Waals surface area contributed by atoms with Crippen molar-refractivity contribution in [2.45, 2.75) is 24.9 Å². The number of furan rings is 1. The molecule has 110 valence electrons. The smallest absolute Gasteiger partial charge is 0.245 e. The number of rotatable bonds is 7. The number of aromatic amines is 1. The molecular weight excluding hydrogens is 348 g/mol. The highest BCUT2D eigenvalue weighted by Gasteiger charge is 2.22. The molecule has 0 unspecified atom stereocenters. The van der Waals surface area contributed by atoms with Crippen molar-refractivity contribution in [1.29, 1.82) is 0 Å². The minimum Gasteiger partial charge on any atom is -0.452 e. The third-order valence-corrected chi connectivity index (χ3v) is 4.81. The van der Waals surface area contributed by atoms with Gasteiger partial charge in [-0.15, -0.1) is 0 Å². The van der Waals surface area contributed by atoms with Gasteiger partial charge in [0.2, 0.25) is 10.0 Å². The molecule has 2 aromatic rings. The second kappa shape index (κ2) is 6.53. The van der Waals surface area contributed by atoms with Crippen LogP contribution >= 0.6 is 15.9 Å². The van der Waals surface area contributed by atoms with Crippen LogP contribution in [0.15, 0.2) is 32.6 Å². The SMILES string of the molecule is CCNCc1cc(S(=O)(=O)NCc2cnc[nH]2)c(Br)o1. The molecule has 0 saturated heterocycles. The van der Waals surface area contributed by atoms with Gasteiger partial charge in [0.15, 0.2) is 4.67 Å². The fourth-order valence-corrected chi connectivity index (χ4v) is 3.55. The number of aromatic nitrogens is 2. The molecular formula is C11H15BrN4O3S. The van der Waals surface area contributed by atoms with Gasteiger partial charge in [0, 0.05) is 18.0 Å². The van der Waals surface area contributed by atoms with Crippen LogP contribution in [0.4, 0.5) is 0 Å². The first-order valence-electron chi connectivity index (χ1n) is 5.98. The number of nitrogens with zero attached hydrogens (tertiary/aromatic N) is 1.